The largest absolute Gasteiger partial charge is 0.372 e. The molecule has 0 aromatic heterocycles. The van der Waals surface area contributed by atoms with E-state index in [9.17, 15) is 16.8 Å². The minimum atomic E-state index is -3.94. The molecule has 0 aliphatic heterocycles. The van der Waals surface area contributed by atoms with Gasteiger partial charge >= 0.3 is 0 Å². The number of aryl methyl sites for hydroxylation is 1. The molecule has 8 nitrogen and oxygen atoms in total. The molecular weight excluding hydrogens is 368 g/mol. The first-order valence-corrected chi connectivity index (χ1v) is 11.0. The zero-order chi connectivity index (χ0) is 18.2. The van der Waals surface area contributed by atoms with Crippen LogP contribution < -0.4 is 11.1 Å². The van der Waals surface area contributed by atoms with Crippen LogP contribution in [-0.2, 0) is 20.2 Å². The Labute approximate surface area is 150 Å². The SMILES string of the molecule is Cc1cccc(N(CCCCS(=O)(=O)O)CCCCS(=O)(=O)O)c1.N. The Hall–Kier alpha value is -1.20. The van der Waals surface area contributed by atoms with Gasteiger partial charge in [0.1, 0.15) is 0 Å². The fraction of sp³-hybridized carbons (Fsp3) is 0.600. The van der Waals surface area contributed by atoms with Gasteiger partial charge in [-0.25, -0.2) is 0 Å². The number of benzene rings is 1. The van der Waals surface area contributed by atoms with Crippen LogP contribution in [0.5, 0.6) is 0 Å². The molecule has 0 radical (unpaired) electrons. The molecule has 1 aromatic carbocycles. The molecule has 0 aliphatic carbocycles. The van der Waals surface area contributed by atoms with E-state index < -0.39 is 20.2 Å². The predicted molar refractivity (Wildman–Crippen MR) is 99.7 cm³/mol. The van der Waals surface area contributed by atoms with Crippen molar-refractivity contribution >= 4 is 25.9 Å². The number of hydrogen-bond donors (Lipinski definition) is 3. The van der Waals surface area contributed by atoms with E-state index in [4.69, 9.17) is 9.11 Å². The quantitative estimate of drug-likeness (QED) is 0.381. The Morgan fingerprint density at radius 3 is 1.76 bits per heavy atom. The van der Waals surface area contributed by atoms with Crippen LogP contribution in [-0.4, -0.2) is 50.5 Å². The number of rotatable bonds is 11. The van der Waals surface area contributed by atoms with Crippen molar-refractivity contribution in [3.8, 4) is 0 Å². The highest BCUT2D eigenvalue weighted by molar-refractivity contribution is 7.86. The third kappa shape index (κ3) is 11.9. The molecule has 10 heteroatoms. The van der Waals surface area contributed by atoms with E-state index in [0.717, 1.165) is 11.3 Å². The summed E-state index contributed by atoms with van der Waals surface area (Å²) < 4.78 is 60.6. The van der Waals surface area contributed by atoms with Gasteiger partial charge in [0.15, 0.2) is 0 Å². The van der Waals surface area contributed by atoms with Crippen LogP contribution in [0.25, 0.3) is 0 Å². The first-order valence-electron chi connectivity index (χ1n) is 7.79. The van der Waals surface area contributed by atoms with E-state index >= 15 is 0 Å². The Kier molecular flexibility index (Phi) is 10.2. The monoisotopic (exact) mass is 396 g/mol. The molecular formula is C15H28N2O6S2. The second kappa shape index (κ2) is 10.7. The second-order valence-electron chi connectivity index (χ2n) is 5.81. The molecule has 1 rings (SSSR count). The van der Waals surface area contributed by atoms with Crippen molar-refractivity contribution in [2.24, 2.45) is 0 Å². The summed E-state index contributed by atoms with van der Waals surface area (Å²) in [6, 6.07) is 7.84. The lowest BCUT2D eigenvalue weighted by Crippen LogP contribution is -2.26. The molecule has 0 saturated carbocycles. The van der Waals surface area contributed by atoms with Crippen molar-refractivity contribution in [2.45, 2.75) is 32.6 Å². The van der Waals surface area contributed by atoms with E-state index in [1.54, 1.807) is 0 Å². The average molecular weight is 397 g/mol. The summed E-state index contributed by atoms with van der Waals surface area (Å²) in [4.78, 5) is 2.06. The molecule has 0 aliphatic rings. The normalized spacial score (nSPS) is 11.8. The van der Waals surface area contributed by atoms with Crippen molar-refractivity contribution in [2.75, 3.05) is 29.5 Å². The van der Waals surface area contributed by atoms with Gasteiger partial charge in [-0.3, -0.25) is 9.11 Å². The summed E-state index contributed by atoms with van der Waals surface area (Å²) >= 11 is 0. The lowest BCUT2D eigenvalue weighted by atomic mass is 10.2. The van der Waals surface area contributed by atoms with Crippen molar-refractivity contribution in [1.29, 1.82) is 0 Å². The second-order valence-corrected chi connectivity index (χ2v) is 8.96. The minimum Gasteiger partial charge on any atom is -0.372 e. The van der Waals surface area contributed by atoms with E-state index in [1.165, 1.54) is 0 Å². The van der Waals surface area contributed by atoms with Crippen LogP contribution in [0.15, 0.2) is 24.3 Å². The van der Waals surface area contributed by atoms with E-state index in [1.807, 2.05) is 31.2 Å². The average Bonchev–Trinajstić information content (AvgIpc) is 2.43. The molecule has 0 spiro atoms. The maximum absolute atomic E-state index is 10.8. The molecule has 146 valence electrons. The van der Waals surface area contributed by atoms with Gasteiger partial charge in [0.2, 0.25) is 0 Å². The topological polar surface area (TPSA) is 147 Å². The van der Waals surface area contributed by atoms with Gasteiger partial charge in [0.05, 0.1) is 11.5 Å². The zero-order valence-electron chi connectivity index (χ0n) is 14.5. The number of hydrogen-bond acceptors (Lipinski definition) is 6. The van der Waals surface area contributed by atoms with E-state index in [0.29, 0.717) is 38.8 Å². The summed E-state index contributed by atoms with van der Waals surface area (Å²) in [5.41, 5.74) is 2.07. The first-order chi connectivity index (χ1) is 11.1. The predicted octanol–water partition coefficient (Wildman–Crippen LogP) is 2.30. The molecule has 5 N–H and O–H groups in total. The lowest BCUT2D eigenvalue weighted by Gasteiger charge is -2.25. The van der Waals surface area contributed by atoms with Crippen LogP contribution >= 0.6 is 0 Å². The van der Waals surface area contributed by atoms with E-state index in [-0.39, 0.29) is 17.7 Å². The Morgan fingerprint density at radius 1 is 0.880 bits per heavy atom. The van der Waals surface area contributed by atoms with Gasteiger partial charge < -0.3 is 11.1 Å². The molecule has 0 unspecified atom stereocenters. The lowest BCUT2D eigenvalue weighted by molar-refractivity contribution is 0.478. The van der Waals surface area contributed by atoms with Gasteiger partial charge in [0.25, 0.3) is 20.2 Å². The highest BCUT2D eigenvalue weighted by Crippen LogP contribution is 2.17. The van der Waals surface area contributed by atoms with Crippen molar-refractivity contribution in [3.63, 3.8) is 0 Å². The highest BCUT2D eigenvalue weighted by Gasteiger charge is 2.10. The van der Waals surface area contributed by atoms with Crippen molar-refractivity contribution in [1.82, 2.24) is 6.15 Å². The zero-order valence-corrected chi connectivity index (χ0v) is 16.1. The summed E-state index contributed by atoms with van der Waals surface area (Å²) in [5, 5.41) is 0. The maximum Gasteiger partial charge on any atom is 0.264 e. The number of anilines is 1. The third-order valence-electron chi connectivity index (χ3n) is 3.53. The molecule has 0 amide bonds. The first kappa shape index (κ1) is 23.8. The molecule has 1 aromatic rings. The van der Waals surface area contributed by atoms with Crippen LogP contribution in [0.3, 0.4) is 0 Å². The molecule has 0 fully saturated rings. The highest BCUT2D eigenvalue weighted by atomic mass is 32.2. The Morgan fingerprint density at radius 2 is 1.36 bits per heavy atom. The molecule has 0 bridgehead atoms. The summed E-state index contributed by atoms with van der Waals surface area (Å²) in [6.45, 7) is 3.17. The van der Waals surface area contributed by atoms with Gasteiger partial charge in [0, 0.05) is 18.8 Å². The van der Waals surface area contributed by atoms with Crippen molar-refractivity contribution < 1.29 is 25.9 Å². The molecule has 0 heterocycles. The summed E-state index contributed by atoms with van der Waals surface area (Å²) in [5.74, 6) is -0.533. The minimum absolute atomic E-state index is 0. The van der Waals surface area contributed by atoms with Crippen LogP contribution in [0.4, 0.5) is 5.69 Å². The fourth-order valence-electron chi connectivity index (χ4n) is 2.37. The van der Waals surface area contributed by atoms with Crippen LogP contribution in [0.2, 0.25) is 0 Å². The maximum atomic E-state index is 10.8. The molecule has 25 heavy (non-hydrogen) atoms. The van der Waals surface area contributed by atoms with Gasteiger partial charge in [-0.05, 0) is 50.3 Å². The fourth-order valence-corrected chi connectivity index (χ4v) is 3.51. The number of unbranched alkanes of at least 4 members (excludes halogenated alkanes) is 2. The Balaban J connectivity index is 0.00000576. The number of nitrogens with zero attached hydrogens (tertiary/aromatic N) is 1. The molecule has 0 saturated heterocycles. The summed E-state index contributed by atoms with van der Waals surface area (Å²) in [7, 11) is -7.89. The smallest absolute Gasteiger partial charge is 0.264 e. The summed E-state index contributed by atoms with van der Waals surface area (Å²) in [6.07, 6.45) is 1.89. The van der Waals surface area contributed by atoms with Gasteiger partial charge in [-0.1, -0.05) is 12.1 Å². The van der Waals surface area contributed by atoms with Crippen molar-refractivity contribution in [3.05, 3.63) is 29.8 Å². The standard InChI is InChI=1S/C15H25NO6S2.H3N/c1-14-7-6-8-15(13-14)16(9-2-4-11-23(17,18)19)10-3-5-12-24(20,21)22;/h6-8,13H,2-5,9-12H2,1H3,(H,17,18,19)(H,20,21,22);1H3. The van der Waals surface area contributed by atoms with Gasteiger partial charge in [-0.15, -0.1) is 0 Å². The Bertz CT molecular complexity index is 679. The van der Waals surface area contributed by atoms with Crippen LogP contribution in [0.1, 0.15) is 31.2 Å². The van der Waals surface area contributed by atoms with Gasteiger partial charge in [-0.2, -0.15) is 16.8 Å². The van der Waals surface area contributed by atoms with E-state index in [2.05, 4.69) is 4.90 Å². The van der Waals surface area contributed by atoms with Crippen LogP contribution in [0, 0.1) is 6.92 Å². The third-order valence-corrected chi connectivity index (χ3v) is 5.14. The molecule has 0 atom stereocenters.